The predicted molar refractivity (Wildman–Crippen MR) is 98.8 cm³/mol. The van der Waals surface area contributed by atoms with Gasteiger partial charge in [0.1, 0.15) is 18.1 Å². The molecule has 154 valence electrons. The van der Waals surface area contributed by atoms with Crippen LogP contribution in [0.25, 0.3) is 0 Å². The molecule has 3 nitrogen and oxygen atoms in total. The van der Waals surface area contributed by atoms with Crippen molar-refractivity contribution in [2.75, 3.05) is 0 Å². The first-order valence-corrected chi connectivity index (χ1v) is 9.02. The summed E-state index contributed by atoms with van der Waals surface area (Å²) in [6.07, 6.45) is -4.58. The minimum Gasteiger partial charge on any atom is -0.461 e. The van der Waals surface area contributed by atoms with Crippen LogP contribution in [0, 0.1) is 17.3 Å². The Kier molecular flexibility index (Phi) is 5.68. The van der Waals surface area contributed by atoms with Crippen LogP contribution in [0.2, 0.25) is 0 Å². The summed E-state index contributed by atoms with van der Waals surface area (Å²) in [5, 5.41) is 0. The van der Waals surface area contributed by atoms with Crippen molar-refractivity contribution in [2.24, 2.45) is 17.3 Å². The van der Waals surface area contributed by atoms with Gasteiger partial charge in [-0.05, 0) is 47.2 Å². The Morgan fingerprint density at radius 3 is 2.38 bits per heavy atom. The van der Waals surface area contributed by atoms with Crippen molar-refractivity contribution >= 4 is 5.97 Å². The van der Waals surface area contributed by atoms with Gasteiger partial charge in [-0.3, -0.25) is 4.79 Å². The highest BCUT2D eigenvalue weighted by atomic mass is 19.4. The Bertz CT molecular complexity index is 904. The molecule has 0 N–H and O–H groups in total. The van der Waals surface area contributed by atoms with E-state index in [9.17, 15) is 22.4 Å². The van der Waals surface area contributed by atoms with Crippen molar-refractivity contribution in [1.82, 2.24) is 0 Å². The molecule has 1 saturated carbocycles. The molecule has 0 aliphatic heterocycles. The number of esters is 1. The van der Waals surface area contributed by atoms with Crippen LogP contribution in [0.3, 0.4) is 0 Å². The summed E-state index contributed by atoms with van der Waals surface area (Å²) in [7, 11) is 0. The van der Waals surface area contributed by atoms with Gasteiger partial charge in [0.25, 0.3) is 0 Å². The third-order valence-corrected chi connectivity index (χ3v) is 5.02. The standard InChI is InChI=1S/C22H20F4O3/c1-21(2)17(12-18(23)22(24,25)26)19(21)20(27)28-13-14-7-6-10-16(11-14)29-15-8-4-3-5-9-15/h3-12,17,19H,13H2,1-2H3/b18-12+/t17-,19+/m0/s1. The maximum absolute atomic E-state index is 13.2. The number of carbonyl (C=O) groups excluding carboxylic acids is 1. The van der Waals surface area contributed by atoms with Gasteiger partial charge in [-0.25, -0.2) is 4.39 Å². The van der Waals surface area contributed by atoms with E-state index in [2.05, 4.69) is 0 Å². The molecule has 0 heterocycles. The number of benzene rings is 2. The lowest BCUT2D eigenvalue weighted by atomic mass is 10.1. The van der Waals surface area contributed by atoms with Crippen LogP contribution < -0.4 is 4.74 Å². The van der Waals surface area contributed by atoms with Crippen molar-refractivity contribution in [3.63, 3.8) is 0 Å². The molecule has 2 atom stereocenters. The molecule has 29 heavy (non-hydrogen) atoms. The van der Waals surface area contributed by atoms with Crippen LogP contribution in [0.1, 0.15) is 19.4 Å². The van der Waals surface area contributed by atoms with E-state index in [0.29, 0.717) is 23.1 Å². The predicted octanol–water partition coefficient (Wildman–Crippen LogP) is 6.21. The number of alkyl halides is 3. The first-order valence-electron chi connectivity index (χ1n) is 9.02. The van der Waals surface area contributed by atoms with Crippen LogP contribution in [0.15, 0.2) is 66.5 Å². The zero-order valence-electron chi connectivity index (χ0n) is 15.9. The Labute approximate surface area is 165 Å². The summed E-state index contributed by atoms with van der Waals surface area (Å²) in [6.45, 7) is 3.16. The molecule has 0 unspecified atom stereocenters. The fourth-order valence-corrected chi connectivity index (χ4v) is 3.26. The third kappa shape index (κ3) is 4.96. The van der Waals surface area contributed by atoms with Gasteiger partial charge in [-0.15, -0.1) is 0 Å². The molecule has 0 spiro atoms. The SMILES string of the molecule is CC1(C)[C@@H](/C=C(/F)C(F)(F)F)[C@@H]1C(=O)OCc1cccc(Oc2ccccc2)c1. The number of carbonyl (C=O) groups is 1. The molecule has 1 aliphatic carbocycles. The van der Waals surface area contributed by atoms with E-state index >= 15 is 0 Å². The van der Waals surface area contributed by atoms with E-state index < -0.39 is 35.2 Å². The number of ether oxygens (including phenoxy) is 2. The first-order chi connectivity index (χ1) is 13.6. The molecular formula is C22H20F4O3. The van der Waals surface area contributed by atoms with E-state index in [4.69, 9.17) is 9.47 Å². The van der Waals surface area contributed by atoms with Gasteiger partial charge in [-0.2, -0.15) is 13.2 Å². The number of hydrogen-bond donors (Lipinski definition) is 0. The summed E-state index contributed by atoms with van der Waals surface area (Å²) < 4.78 is 61.4. The van der Waals surface area contributed by atoms with Crippen molar-refractivity contribution < 1.29 is 31.8 Å². The Hall–Kier alpha value is -2.83. The monoisotopic (exact) mass is 408 g/mol. The van der Waals surface area contributed by atoms with Crippen molar-refractivity contribution in [3.8, 4) is 11.5 Å². The maximum Gasteiger partial charge on any atom is 0.442 e. The van der Waals surface area contributed by atoms with Crippen molar-refractivity contribution in [3.05, 3.63) is 72.1 Å². The van der Waals surface area contributed by atoms with Gasteiger partial charge >= 0.3 is 12.1 Å². The Morgan fingerprint density at radius 1 is 1.07 bits per heavy atom. The number of halogens is 4. The second kappa shape index (κ2) is 7.89. The van der Waals surface area contributed by atoms with E-state index in [0.717, 1.165) is 0 Å². The molecule has 2 aromatic rings. The first kappa shape index (κ1) is 20.9. The molecule has 7 heteroatoms. The van der Waals surface area contributed by atoms with Crippen molar-refractivity contribution in [2.45, 2.75) is 26.6 Å². The summed E-state index contributed by atoms with van der Waals surface area (Å²) in [4.78, 5) is 12.3. The zero-order valence-corrected chi connectivity index (χ0v) is 15.9. The lowest BCUT2D eigenvalue weighted by Gasteiger charge is -2.09. The fraction of sp³-hybridized carbons (Fsp3) is 0.318. The molecule has 0 aromatic heterocycles. The minimum absolute atomic E-state index is 0.0599. The maximum atomic E-state index is 13.2. The normalized spacial score (nSPS) is 20.8. The van der Waals surface area contributed by atoms with Crippen LogP contribution in [0.4, 0.5) is 17.6 Å². The molecule has 0 bridgehead atoms. The van der Waals surface area contributed by atoms with Gasteiger partial charge in [0.15, 0.2) is 5.83 Å². The Morgan fingerprint density at radius 2 is 1.72 bits per heavy atom. The third-order valence-electron chi connectivity index (χ3n) is 5.02. The average molecular weight is 408 g/mol. The molecule has 1 aliphatic rings. The van der Waals surface area contributed by atoms with E-state index in [1.807, 2.05) is 18.2 Å². The highest BCUT2D eigenvalue weighted by Gasteiger charge is 2.62. The van der Waals surface area contributed by atoms with Crippen LogP contribution in [-0.2, 0) is 16.1 Å². The van der Waals surface area contributed by atoms with Gasteiger partial charge in [0, 0.05) is 0 Å². The zero-order chi connectivity index (χ0) is 21.2. The number of hydrogen-bond acceptors (Lipinski definition) is 3. The molecule has 0 radical (unpaired) electrons. The summed E-state index contributed by atoms with van der Waals surface area (Å²) in [5.74, 6) is -3.30. The molecular weight excluding hydrogens is 388 g/mol. The number of rotatable bonds is 6. The highest BCUT2D eigenvalue weighted by molar-refractivity contribution is 5.78. The van der Waals surface area contributed by atoms with Crippen LogP contribution in [-0.4, -0.2) is 12.1 Å². The topological polar surface area (TPSA) is 35.5 Å². The molecule has 3 rings (SSSR count). The van der Waals surface area contributed by atoms with Gasteiger partial charge in [-0.1, -0.05) is 44.2 Å². The van der Waals surface area contributed by atoms with E-state index in [-0.39, 0.29) is 6.61 Å². The average Bonchev–Trinajstić information content (AvgIpc) is 3.20. The second-order valence-corrected chi connectivity index (χ2v) is 7.51. The van der Waals surface area contributed by atoms with Gasteiger partial charge in [0.2, 0.25) is 0 Å². The van der Waals surface area contributed by atoms with Gasteiger partial charge < -0.3 is 9.47 Å². The molecule has 2 aromatic carbocycles. The lowest BCUT2D eigenvalue weighted by molar-refractivity contribution is -0.147. The van der Waals surface area contributed by atoms with Crippen molar-refractivity contribution in [1.29, 1.82) is 0 Å². The molecule has 0 amide bonds. The second-order valence-electron chi connectivity index (χ2n) is 7.51. The summed E-state index contributed by atoms with van der Waals surface area (Å²) in [5.41, 5.74) is -0.128. The van der Waals surface area contributed by atoms with Crippen LogP contribution >= 0.6 is 0 Å². The molecule has 0 saturated heterocycles. The minimum atomic E-state index is -5.05. The largest absolute Gasteiger partial charge is 0.461 e. The van der Waals surface area contributed by atoms with E-state index in [1.54, 1.807) is 50.2 Å². The number of para-hydroxylation sites is 1. The highest BCUT2D eigenvalue weighted by Crippen LogP contribution is 2.60. The summed E-state index contributed by atoms with van der Waals surface area (Å²) in [6, 6.07) is 16.1. The van der Waals surface area contributed by atoms with E-state index in [1.165, 1.54) is 0 Å². The summed E-state index contributed by atoms with van der Waals surface area (Å²) >= 11 is 0. The quantitative estimate of drug-likeness (QED) is 0.421. The Balaban J connectivity index is 1.60. The smallest absolute Gasteiger partial charge is 0.442 e. The van der Waals surface area contributed by atoms with Gasteiger partial charge in [0.05, 0.1) is 5.92 Å². The molecule has 1 fully saturated rings. The fourth-order valence-electron chi connectivity index (χ4n) is 3.26. The van der Waals surface area contributed by atoms with Crippen LogP contribution in [0.5, 0.6) is 11.5 Å². The lowest BCUT2D eigenvalue weighted by Crippen LogP contribution is -2.11. The number of allylic oxidation sites excluding steroid dienone is 2.